The fraction of sp³-hybridized carbons (Fsp3) is 0.733. The molecule has 0 bridgehead atoms. The van der Waals surface area contributed by atoms with E-state index in [1.165, 1.54) is 0 Å². The van der Waals surface area contributed by atoms with Crippen LogP contribution in [-0.2, 0) is 14.0 Å². The molecule has 0 unspecified atom stereocenters. The van der Waals surface area contributed by atoms with E-state index in [-0.39, 0.29) is 0 Å². The van der Waals surface area contributed by atoms with Crippen molar-refractivity contribution in [1.29, 1.82) is 0 Å². The summed E-state index contributed by atoms with van der Waals surface area (Å²) in [6.07, 6.45) is 1.73. The third-order valence-corrected chi connectivity index (χ3v) is 4.76. The number of anilines is 1. The summed E-state index contributed by atoms with van der Waals surface area (Å²) in [6.45, 7) is 11.0. The van der Waals surface area contributed by atoms with Gasteiger partial charge in [-0.15, -0.1) is 0 Å². The molecule has 1 aromatic heterocycles. The second-order valence-corrected chi connectivity index (χ2v) is 6.82. The highest BCUT2D eigenvalue weighted by Gasteiger charge is 2.53. The van der Waals surface area contributed by atoms with Crippen molar-refractivity contribution in [1.82, 2.24) is 9.97 Å². The van der Waals surface area contributed by atoms with Crippen molar-refractivity contribution < 1.29 is 18.8 Å². The van der Waals surface area contributed by atoms with E-state index in [4.69, 9.17) is 18.8 Å². The van der Waals surface area contributed by atoms with E-state index in [9.17, 15) is 0 Å². The Labute approximate surface area is 137 Å². The second-order valence-electron chi connectivity index (χ2n) is 6.82. The van der Waals surface area contributed by atoms with Crippen molar-refractivity contribution in [2.24, 2.45) is 0 Å². The molecule has 0 saturated carbocycles. The predicted molar refractivity (Wildman–Crippen MR) is 87.3 cm³/mol. The predicted octanol–water partition coefficient (Wildman–Crippen LogP) is 0.621. The van der Waals surface area contributed by atoms with E-state index in [1.807, 2.05) is 27.7 Å². The van der Waals surface area contributed by atoms with Gasteiger partial charge in [0.25, 0.3) is 0 Å². The molecule has 3 heterocycles. The quantitative estimate of drug-likeness (QED) is 0.756. The van der Waals surface area contributed by atoms with Gasteiger partial charge in [-0.1, -0.05) is 0 Å². The highest BCUT2D eigenvalue weighted by atomic mass is 16.7. The van der Waals surface area contributed by atoms with Crippen LogP contribution in [0.15, 0.2) is 6.20 Å². The SMILES string of the molecule is COc1nc(N2CCOCC2)ncc1B1OC(C)(C)C(C)(C)O1. The van der Waals surface area contributed by atoms with Gasteiger partial charge in [0.05, 0.1) is 37.0 Å². The summed E-state index contributed by atoms with van der Waals surface area (Å²) in [4.78, 5) is 11.1. The number of hydrogen-bond acceptors (Lipinski definition) is 7. The molecule has 2 aliphatic rings. The van der Waals surface area contributed by atoms with Gasteiger partial charge in [0.2, 0.25) is 11.8 Å². The maximum atomic E-state index is 6.06. The highest BCUT2D eigenvalue weighted by Crippen LogP contribution is 2.37. The molecule has 2 aliphatic heterocycles. The van der Waals surface area contributed by atoms with Gasteiger partial charge in [-0.25, -0.2) is 4.98 Å². The van der Waals surface area contributed by atoms with Crippen molar-refractivity contribution in [2.75, 3.05) is 38.3 Å². The second kappa shape index (κ2) is 5.92. The standard InChI is InChI=1S/C15H24BN3O4/c1-14(2)15(3,4)23-16(22-14)11-10-17-13(18-12(11)20-5)19-6-8-21-9-7-19/h10H,6-9H2,1-5H3. The number of morpholine rings is 1. The topological polar surface area (TPSA) is 65.9 Å². The summed E-state index contributed by atoms with van der Waals surface area (Å²) in [7, 11) is 1.06. The fourth-order valence-corrected chi connectivity index (χ4v) is 2.58. The zero-order valence-electron chi connectivity index (χ0n) is 14.5. The lowest BCUT2D eigenvalue weighted by Crippen LogP contribution is -2.41. The summed E-state index contributed by atoms with van der Waals surface area (Å²) >= 11 is 0. The third kappa shape index (κ3) is 3.03. The van der Waals surface area contributed by atoms with E-state index in [1.54, 1.807) is 13.3 Å². The van der Waals surface area contributed by atoms with Crippen molar-refractivity contribution >= 4 is 18.5 Å². The van der Waals surface area contributed by atoms with Gasteiger partial charge in [0.1, 0.15) is 0 Å². The normalized spacial score (nSPS) is 23.2. The molecular formula is C15H24BN3O4. The smallest absolute Gasteiger partial charge is 0.481 e. The average molecular weight is 321 g/mol. The van der Waals surface area contributed by atoms with Gasteiger partial charge in [-0.3, -0.25) is 0 Å². The number of hydrogen-bond donors (Lipinski definition) is 0. The van der Waals surface area contributed by atoms with E-state index >= 15 is 0 Å². The minimum atomic E-state index is -0.534. The molecule has 3 rings (SSSR count). The van der Waals surface area contributed by atoms with Crippen molar-refractivity contribution in [2.45, 2.75) is 38.9 Å². The lowest BCUT2D eigenvalue weighted by molar-refractivity contribution is 0.00578. The summed E-state index contributed by atoms with van der Waals surface area (Å²) in [5.74, 6) is 1.13. The number of rotatable bonds is 3. The van der Waals surface area contributed by atoms with Crippen molar-refractivity contribution in [3.05, 3.63) is 6.20 Å². The Kier molecular flexibility index (Phi) is 4.24. The first-order chi connectivity index (χ1) is 10.8. The van der Waals surface area contributed by atoms with Gasteiger partial charge in [-0.2, -0.15) is 4.98 Å². The molecule has 0 atom stereocenters. The van der Waals surface area contributed by atoms with Crippen LogP contribution in [0.3, 0.4) is 0 Å². The average Bonchev–Trinajstić information content (AvgIpc) is 2.75. The Hall–Kier alpha value is -1.38. The Morgan fingerprint density at radius 1 is 1.13 bits per heavy atom. The minimum absolute atomic E-state index is 0.411. The van der Waals surface area contributed by atoms with E-state index in [0.29, 0.717) is 30.5 Å². The number of nitrogens with zero attached hydrogens (tertiary/aromatic N) is 3. The Bertz CT molecular complexity index is 560. The van der Waals surface area contributed by atoms with Crippen LogP contribution >= 0.6 is 0 Å². The molecule has 0 radical (unpaired) electrons. The van der Waals surface area contributed by atoms with Gasteiger partial charge in [-0.05, 0) is 27.7 Å². The number of methoxy groups -OCH3 is 1. The molecule has 0 aliphatic carbocycles. The molecule has 1 aromatic rings. The van der Waals surface area contributed by atoms with Crippen LogP contribution < -0.4 is 15.1 Å². The largest absolute Gasteiger partial charge is 0.502 e. The fourth-order valence-electron chi connectivity index (χ4n) is 2.58. The van der Waals surface area contributed by atoms with E-state index in [2.05, 4.69) is 14.9 Å². The molecule has 7 nitrogen and oxygen atoms in total. The first-order valence-electron chi connectivity index (χ1n) is 7.93. The Morgan fingerprint density at radius 3 is 2.30 bits per heavy atom. The molecule has 0 aromatic carbocycles. The van der Waals surface area contributed by atoms with E-state index < -0.39 is 18.3 Å². The Balaban J connectivity index is 1.86. The lowest BCUT2D eigenvalue weighted by Gasteiger charge is -2.32. The zero-order chi connectivity index (χ0) is 16.7. The summed E-state index contributed by atoms with van der Waals surface area (Å²) in [5, 5.41) is 0. The van der Waals surface area contributed by atoms with Crippen LogP contribution in [0, 0.1) is 0 Å². The molecule has 126 valence electrons. The molecule has 8 heteroatoms. The minimum Gasteiger partial charge on any atom is -0.481 e. The highest BCUT2D eigenvalue weighted by molar-refractivity contribution is 6.63. The van der Waals surface area contributed by atoms with Crippen LogP contribution in [0.1, 0.15) is 27.7 Å². The molecule has 2 saturated heterocycles. The maximum Gasteiger partial charge on any atom is 0.502 e. The molecule has 23 heavy (non-hydrogen) atoms. The number of ether oxygens (including phenoxy) is 2. The van der Waals surface area contributed by atoms with Crippen LogP contribution in [0.5, 0.6) is 5.88 Å². The summed E-state index contributed by atoms with van der Waals surface area (Å²) in [6, 6.07) is 0. The van der Waals surface area contributed by atoms with Crippen molar-refractivity contribution in [3.8, 4) is 5.88 Å². The first-order valence-corrected chi connectivity index (χ1v) is 7.93. The Morgan fingerprint density at radius 2 is 1.74 bits per heavy atom. The van der Waals surface area contributed by atoms with Crippen molar-refractivity contribution in [3.63, 3.8) is 0 Å². The summed E-state index contributed by atoms with van der Waals surface area (Å²) in [5.41, 5.74) is -0.111. The van der Waals surface area contributed by atoms with Gasteiger partial charge in [0.15, 0.2) is 0 Å². The van der Waals surface area contributed by atoms with Crippen LogP contribution in [0.25, 0.3) is 0 Å². The van der Waals surface area contributed by atoms with Gasteiger partial charge in [0, 0.05) is 19.3 Å². The molecule has 0 amide bonds. The first kappa shape index (κ1) is 16.5. The van der Waals surface area contributed by atoms with Crippen LogP contribution in [0.2, 0.25) is 0 Å². The third-order valence-electron chi connectivity index (χ3n) is 4.76. The molecule has 2 fully saturated rings. The monoisotopic (exact) mass is 321 g/mol. The van der Waals surface area contributed by atoms with Crippen LogP contribution in [0.4, 0.5) is 5.95 Å². The summed E-state index contributed by atoms with van der Waals surface area (Å²) < 4.78 is 22.9. The molecule has 0 N–H and O–H groups in total. The van der Waals surface area contributed by atoms with Crippen LogP contribution in [-0.4, -0.2) is 61.7 Å². The van der Waals surface area contributed by atoms with Gasteiger partial charge < -0.3 is 23.7 Å². The zero-order valence-corrected chi connectivity index (χ0v) is 14.5. The number of aromatic nitrogens is 2. The lowest BCUT2D eigenvalue weighted by atomic mass is 9.81. The molecular weight excluding hydrogens is 297 g/mol. The van der Waals surface area contributed by atoms with Gasteiger partial charge >= 0.3 is 7.12 Å². The maximum absolute atomic E-state index is 6.06. The molecule has 0 spiro atoms. The van der Waals surface area contributed by atoms with E-state index in [0.717, 1.165) is 13.1 Å².